The molecule has 0 unspecified atom stereocenters. The number of nitrogens with one attached hydrogen (secondary N) is 1. The van der Waals surface area contributed by atoms with Crippen LogP contribution in [-0.2, 0) is 9.59 Å². The highest BCUT2D eigenvalue weighted by atomic mass is 16.5. The van der Waals surface area contributed by atoms with Gasteiger partial charge < -0.3 is 20.5 Å². The molecule has 6 heteroatoms. The van der Waals surface area contributed by atoms with Crippen LogP contribution in [0.2, 0.25) is 0 Å². The van der Waals surface area contributed by atoms with Crippen LogP contribution >= 0.6 is 0 Å². The van der Waals surface area contributed by atoms with Crippen molar-refractivity contribution in [2.45, 2.75) is 26.7 Å². The number of nitrogens with two attached hydrogens (primary N) is 1. The van der Waals surface area contributed by atoms with E-state index in [9.17, 15) is 9.59 Å². The molecule has 2 amide bonds. The number of benzene rings is 2. The number of hydrogen-bond acceptors (Lipinski definition) is 4. The van der Waals surface area contributed by atoms with Crippen LogP contribution in [0.4, 0.5) is 5.69 Å². The van der Waals surface area contributed by atoms with Crippen LogP contribution in [0.3, 0.4) is 0 Å². The zero-order valence-corrected chi connectivity index (χ0v) is 15.1. The Morgan fingerprint density at radius 1 is 0.962 bits per heavy atom. The van der Waals surface area contributed by atoms with E-state index in [1.807, 2.05) is 32.0 Å². The Morgan fingerprint density at radius 3 is 2.35 bits per heavy atom. The monoisotopic (exact) mass is 356 g/mol. The van der Waals surface area contributed by atoms with E-state index in [2.05, 4.69) is 5.32 Å². The third kappa shape index (κ3) is 6.12. The molecule has 0 saturated heterocycles. The first-order valence-corrected chi connectivity index (χ1v) is 8.46. The topological polar surface area (TPSA) is 90.7 Å². The highest BCUT2D eigenvalue weighted by Gasteiger charge is 2.06. The maximum Gasteiger partial charge on any atom is 0.227 e. The van der Waals surface area contributed by atoms with E-state index in [0.717, 1.165) is 16.9 Å². The number of aryl methyl sites for hydroxylation is 1. The number of anilines is 1. The van der Waals surface area contributed by atoms with Crippen molar-refractivity contribution in [3.63, 3.8) is 0 Å². The van der Waals surface area contributed by atoms with Gasteiger partial charge in [-0.3, -0.25) is 9.59 Å². The fourth-order valence-corrected chi connectivity index (χ4v) is 2.26. The molecule has 0 heterocycles. The van der Waals surface area contributed by atoms with Crippen molar-refractivity contribution in [1.82, 2.24) is 0 Å². The highest BCUT2D eigenvalue weighted by Crippen LogP contribution is 2.21. The second-order valence-electron chi connectivity index (χ2n) is 5.93. The van der Waals surface area contributed by atoms with Gasteiger partial charge in [-0.2, -0.15) is 0 Å². The summed E-state index contributed by atoms with van der Waals surface area (Å²) in [6.45, 7) is 4.56. The molecule has 0 radical (unpaired) electrons. The number of rotatable bonds is 9. The van der Waals surface area contributed by atoms with Gasteiger partial charge in [-0.25, -0.2) is 0 Å². The average Bonchev–Trinajstić information content (AvgIpc) is 2.60. The summed E-state index contributed by atoms with van der Waals surface area (Å²) in [4.78, 5) is 22.7. The van der Waals surface area contributed by atoms with Crippen molar-refractivity contribution in [3.05, 3.63) is 53.6 Å². The molecule has 0 aliphatic heterocycles. The van der Waals surface area contributed by atoms with Crippen LogP contribution < -0.4 is 20.5 Å². The van der Waals surface area contributed by atoms with Gasteiger partial charge in [0.15, 0.2) is 0 Å². The third-order valence-corrected chi connectivity index (χ3v) is 3.90. The molecule has 0 saturated carbocycles. The summed E-state index contributed by atoms with van der Waals surface area (Å²) in [5.74, 6) is 0.882. The minimum Gasteiger partial charge on any atom is -0.493 e. The molecule has 0 aliphatic rings. The van der Waals surface area contributed by atoms with Crippen LogP contribution in [0.5, 0.6) is 11.5 Å². The Bertz CT molecular complexity index is 757. The Labute approximate surface area is 153 Å². The number of hydrogen-bond donors (Lipinski definition) is 2. The summed E-state index contributed by atoms with van der Waals surface area (Å²) in [7, 11) is 0. The molecule has 0 atom stereocenters. The maximum absolute atomic E-state index is 12.0. The van der Waals surface area contributed by atoms with E-state index in [4.69, 9.17) is 15.2 Å². The average molecular weight is 356 g/mol. The number of carbonyl (C=O) groups excluding carboxylic acids is 2. The van der Waals surface area contributed by atoms with Gasteiger partial charge in [0.05, 0.1) is 26.1 Å². The van der Waals surface area contributed by atoms with Crippen molar-refractivity contribution < 1.29 is 19.1 Å². The predicted octanol–water partition coefficient (Wildman–Crippen LogP) is 2.97. The van der Waals surface area contributed by atoms with Gasteiger partial charge >= 0.3 is 0 Å². The standard InChI is InChI=1S/C20H24N2O4/c1-14-4-3-5-18(15(14)2)26-13-11-20(24)22-16-6-8-17(9-7-16)25-12-10-19(21)23/h3-9H,10-13H2,1-2H3,(H2,21,23)(H,22,24). The Hall–Kier alpha value is -3.02. The third-order valence-electron chi connectivity index (χ3n) is 3.90. The first-order valence-electron chi connectivity index (χ1n) is 8.46. The van der Waals surface area contributed by atoms with Crippen molar-refractivity contribution in [3.8, 4) is 11.5 Å². The van der Waals surface area contributed by atoms with E-state index < -0.39 is 5.91 Å². The number of primary amides is 1. The summed E-state index contributed by atoms with van der Waals surface area (Å²) in [5.41, 5.74) is 7.96. The summed E-state index contributed by atoms with van der Waals surface area (Å²) in [6, 6.07) is 12.8. The lowest BCUT2D eigenvalue weighted by molar-refractivity contribution is -0.118. The van der Waals surface area contributed by atoms with Crippen molar-refractivity contribution in [2.75, 3.05) is 18.5 Å². The maximum atomic E-state index is 12.0. The van der Waals surface area contributed by atoms with Crippen molar-refractivity contribution in [2.24, 2.45) is 5.73 Å². The van der Waals surface area contributed by atoms with Crippen LogP contribution in [0.15, 0.2) is 42.5 Å². The molecule has 26 heavy (non-hydrogen) atoms. The molecule has 6 nitrogen and oxygen atoms in total. The molecular weight excluding hydrogens is 332 g/mol. The van der Waals surface area contributed by atoms with E-state index in [1.165, 1.54) is 0 Å². The molecule has 2 rings (SSSR count). The molecule has 0 spiro atoms. The van der Waals surface area contributed by atoms with Gasteiger partial charge in [0.1, 0.15) is 11.5 Å². The normalized spacial score (nSPS) is 10.2. The Morgan fingerprint density at radius 2 is 1.65 bits per heavy atom. The lowest BCUT2D eigenvalue weighted by Gasteiger charge is -2.11. The molecule has 138 valence electrons. The van der Waals surface area contributed by atoms with Gasteiger partial charge in [0, 0.05) is 5.69 Å². The SMILES string of the molecule is Cc1cccc(OCCC(=O)Nc2ccc(OCCC(N)=O)cc2)c1C. The van der Waals surface area contributed by atoms with E-state index in [1.54, 1.807) is 24.3 Å². The smallest absolute Gasteiger partial charge is 0.227 e. The van der Waals surface area contributed by atoms with Crippen molar-refractivity contribution >= 4 is 17.5 Å². The van der Waals surface area contributed by atoms with Crippen LogP contribution in [0.25, 0.3) is 0 Å². The van der Waals surface area contributed by atoms with E-state index in [0.29, 0.717) is 18.0 Å². The van der Waals surface area contributed by atoms with Crippen molar-refractivity contribution in [1.29, 1.82) is 0 Å². The lowest BCUT2D eigenvalue weighted by Crippen LogP contribution is -2.15. The Kier molecular flexibility index (Phi) is 7.02. The van der Waals surface area contributed by atoms with E-state index >= 15 is 0 Å². The second-order valence-corrected chi connectivity index (χ2v) is 5.93. The second kappa shape index (κ2) is 9.46. The number of ether oxygens (including phenoxy) is 2. The van der Waals surface area contributed by atoms with E-state index in [-0.39, 0.29) is 25.4 Å². The molecule has 0 bridgehead atoms. The molecule has 3 N–H and O–H groups in total. The fraction of sp³-hybridized carbons (Fsp3) is 0.300. The number of amides is 2. The summed E-state index contributed by atoms with van der Waals surface area (Å²) >= 11 is 0. The summed E-state index contributed by atoms with van der Waals surface area (Å²) < 4.78 is 11.1. The van der Waals surface area contributed by atoms with Crippen LogP contribution in [-0.4, -0.2) is 25.0 Å². The number of carbonyl (C=O) groups is 2. The zero-order valence-electron chi connectivity index (χ0n) is 15.1. The molecular formula is C20H24N2O4. The predicted molar refractivity (Wildman–Crippen MR) is 100 cm³/mol. The molecule has 2 aromatic carbocycles. The van der Waals surface area contributed by atoms with Gasteiger partial charge in [0.2, 0.25) is 11.8 Å². The van der Waals surface area contributed by atoms with Crippen LogP contribution in [0, 0.1) is 13.8 Å². The first kappa shape index (κ1) is 19.3. The molecule has 0 aliphatic carbocycles. The minimum atomic E-state index is -0.406. The fourth-order valence-electron chi connectivity index (χ4n) is 2.26. The molecule has 0 aromatic heterocycles. The Balaban J connectivity index is 1.75. The molecule has 2 aromatic rings. The van der Waals surface area contributed by atoms with Gasteiger partial charge in [-0.05, 0) is 55.3 Å². The lowest BCUT2D eigenvalue weighted by atomic mass is 10.1. The van der Waals surface area contributed by atoms with Gasteiger partial charge in [0.25, 0.3) is 0 Å². The van der Waals surface area contributed by atoms with Gasteiger partial charge in [-0.15, -0.1) is 0 Å². The molecule has 0 fully saturated rings. The first-order chi connectivity index (χ1) is 12.5. The van der Waals surface area contributed by atoms with Crippen LogP contribution in [0.1, 0.15) is 24.0 Å². The quantitative estimate of drug-likeness (QED) is 0.723. The largest absolute Gasteiger partial charge is 0.493 e. The van der Waals surface area contributed by atoms with Gasteiger partial charge in [-0.1, -0.05) is 12.1 Å². The highest BCUT2D eigenvalue weighted by molar-refractivity contribution is 5.90. The summed E-state index contributed by atoms with van der Waals surface area (Å²) in [6.07, 6.45) is 0.420. The summed E-state index contributed by atoms with van der Waals surface area (Å²) in [5, 5.41) is 2.81. The minimum absolute atomic E-state index is 0.127. The zero-order chi connectivity index (χ0) is 18.9.